The van der Waals surface area contributed by atoms with E-state index in [4.69, 9.17) is 17.0 Å². The second-order valence-electron chi connectivity index (χ2n) is 7.36. The van der Waals surface area contributed by atoms with E-state index >= 15 is 0 Å². The molecule has 0 unspecified atom stereocenters. The number of benzene rings is 3. The predicted octanol–water partition coefficient (Wildman–Crippen LogP) is 6.81. The van der Waals surface area contributed by atoms with Gasteiger partial charge in [-0.1, -0.05) is 66.4 Å². The normalized spacial score (nSPS) is 15.1. The van der Waals surface area contributed by atoms with Gasteiger partial charge in [-0.3, -0.25) is 19.8 Å². The third-order valence-corrected chi connectivity index (χ3v) is 6.32. The summed E-state index contributed by atoms with van der Waals surface area (Å²) < 4.78 is 44.5. The second-order valence-corrected chi connectivity index (χ2v) is 9.04. The van der Waals surface area contributed by atoms with Crippen LogP contribution in [0.25, 0.3) is 6.08 Å². The van der Waals surface area contributed by atoms with Crippen LogP contribution in [0.2, 0.25) is 0 Å². The Bertz CT molecular complexity index is 1330. The van der Waals surface area contributed by atoms with Crippen molar-refractivity contribution in [3.63, 3.8) is 0 Å². The van der Waals surface area contributed by atoms with Crippen LogP contribution in [0.1, 0.15) is 16.7 Å². The molecule has 1 fully saturated rings. The number of thioether (sulfide) groups is 1. The first-order valence-corrected chi connectivity index (χ1v) is 11.3. The van der Waals surface area contributed by atoms with E-state index in [1.54, 1.807) is 18.2 Å². The predicted molar refractivity (Wildman–Crippen MR) is 130 cm³/mol. The first-order valence-electron chi connectivity index (χ1n) is 10.0. The molecule has 1 heterocycles. The lowest BCUT2D eigenvalue weighted by molar-refractivity contribution is -0.385. The van der Waals surface area contributed by atoms with Gasteiger partial charge >= 0.3 is 11.9 Å². The van der Waals surface area contributed by atoms with Gasteiger partial charge in [0.1, 0.15) is 10.1 Å². The molecule has 3 aromatic rings. The Kier molecular flexibility index (Phi) is 6.90. The van der Waals surface area contributed by atoms with Gasteiger partial charge in [0.2, 0.25) is 5.75 Å². The molecule has 0 atom stereocenters. The molecule has 6 nitrogen and oxygen atoms in total. The Morgan fingerprint density at radius 2 is 1.74 bits per heavy atom. The Hall–Kier alpha value is -3.70. The van der Waals surface area contributed by atoms with Crippen molar-refractivity contribution in [1.82, 2.24) is 4.90 Å². The molecule has 35 heavy (non-hydrogen) atoms. The molecule has 1 saturated heterocycles. The van der Waals surface area contributed by atoms with E-state index in [9.17, 15) is 28.1 Å². The van der Waals surface area contributed by atoms with Crippen molar-refractivity contribution in [3.8, 4) is 11.5 Å². The average Bonchev–Trinajstić information content (AvgIpc) is 3.07. The summed E-state index contributed by atoms with van der Waals surface area (Å²) in [5.74, 6) is -0.358. The number of halogens is 3. The van der Waals surface area contributed by atoms with Crippen LogP contribution < -0.4 is 4.74 Å². The van der Waals surface area contributed by atoms with Gasteiger partial charge in [-0.2, -0.15) is 13.2 Å². The van der Waals surface area contributed by atoms with Crippen LogP contribution in [0, 0.1) is 10.1 Å². The largest absolute Gasteiger partial charge is 0.450 e. The highest BCUT2D eigenvalue weighted by Gasteiger charge is 2.34. The second kappa shape index (κ2) is 9.88. The molecule has 3 aromatic carbocycles. The van der Waals surface area contributed by atoms with Gasteiger partial charge in [0.25, 0.3) is 5.91 Å². The monoisotopic (exact) mass is 516 g/mol. The number of amides is 1. The summed E-state index contributed by atoms with van der Waals surface area (Å²) in [6.07, 6.45) is -3.05. The lowest BCUT2D eigenvalue weighted by Gasteiger charge is -2.14. The van der Waals surface area contributed by atoms with Crippen molar-refractivity contribution < 1.29 is 27.6 Å². The summed E-state index contributed by atoms with van der Waals surface area (Å²) in [4.78, 5) is 25.1. The zero-order valence-corrected chi connectivity index (χ0v) is 19.3. The van der Waals surface area contributed by atoms with E-state index in [1.165, 1.54) is 28.8 Å². The highest BCUT2D eigenvalue weighted by atomic mass is 32.2. The van der Waals surface area contributed by atoms with Gasteiger partial charge in [-0.25, -0.2) is 0 Å². The number of nitro groups is 1. The minimum atomic E-state index is -4.72. The number of thiocarbonyl (C=S) groups is 1. The number of nitrogens with zero attached hydrogens (tertiary/aromatic N) is 2. The number of carbonyl (C=O) groups is 1. The molecular weight excluding hydrogens is 501 g/mol. The molecule has 0 aromatic heterocycles. The van der Waals surface area contributed by atoms with Gasteiger partial charge in [-0.15, -0.1) is 0 Å². The van der Waals surface area contributed by atoms with Crippen molar-refractivity contribution in [2.45, 2.75) is 12.7 Å². The van der Waals surface area contributed by atoms with E-state index in [0.29, 0.717) is 33.5 Å². The van der Waals surface area contributed by atoms with Crippen LogP contribution in [0.3, 0.4) is 0 Å². The van der Waals surface area contributed by atoms with Gasteiger partial charge in [0.15, 0.2) is 0 Å². The first kappa shape index (κ1) is 24.4. The number of rotatable bonds is 6. The SMILES string of the molecule is O=C1/C(=C\c2ccc(Oc3ccc(C(F)(F)F)cc3[N+](=O)[O-])cc2)SC(=S)N1Cc1ccccc1. The molecule has 0 aliphatic carbocycles. The van der Waals surface area contributed by atoms with E-state index in [0.717, 1.165) is 11.6 Å². The zero-order valence-electron chi connectivity index (χ0n) is 17.7. The quantitative estimate of drug-likeness (QED) is 0.155. The Balaban J connectivity index is 1.49. The molecule has 1 aliphatic rings. The van der Waals surface area contributed by atoms with Crippen LogP contribution in [0.5, 0.6) is 11.5 Å². The molecule has 0 radical (unpaired) electrons. The molecule has 0 spiro atoms. The molecule has 0 N–H and O–H groups in total. The molecule has 11 heteroatoms. The van der Waals surface area contributed by atoms with Crippen molar-refractivity contribution in [2.24, 2.45) is 0 Å². The van der Waals surface area contributed by atoms with Crippen LogP contribution >= 0.6 is 24.0 Å². The van der Waals surface area contributed by atoms with Gasteiger partial charge in [0, 0.05) is 6.07 Å². The van der Waals surface area contributed by atoms with Gasteiger partial charge < -0.3 is 4.74 Å². The number of hydrogen-bond acceptors (Lipinski definition) is 6. The Morgan fingerprint density at radius 3 is 2.37 bits per heavy atom. The average molecular weight is 517 g/mol. The highest BCUT2D eigenvalue weighted by molar-refractivity contribution is 8.26. The van der Waals surface area contributed by atoms with E-state index in [1.807, 2.05) is 30.3 Å². The molecule has 1 aliphatic heterocycles. The van der Waals surface area contributed by atoms with Crippen LogP contribution in [0.4, 0.5) is 18.9 Å². The standard InChI is InChI=1S/C24H15F3N2O4S2/c25-24(26,27)17-8-11-20(19(13-17)29(31)32)33-18-9-6-15(7-10-18)12-21-22(30)28(23(34)35-21)14-16-4-2-1-3-5-16/h1-13H,14H2/b21-12+. The lowest BCUT2D eigenvalue weighted by Crippen LogP contribution is -2.27. The molecular formula is C24H15F3N2O4S2. The summed E-state index contributed by atoms with van der Waals surface area (Å²) in [7, 11) is 0. The van der Waals surface area contributed by atoms with E-state index < -0.39 is 22.4 Å². The van der Waals surface area contributed by atoms with Crippen LogP contribution in [0.15, 0.2) is 77.7 Å². The Morgan fingerprint density at radius 1 is 1.06 bits per heavy atom. The van der Waals surface area contributed by atoms with Crippen molar-refractivity contribution >= 4 is 46.0 Å². The molecule has 178 valence electrons. The fourth-order valence-corrected chi connectivity index (χ4v) is 4.49. The molecule has 1 amide bonds. The first-order chi connectivity index (χ1) is 16.6. The number of carbonyl (C=O) groups excluding carboxylic acids is 1. The third kappa shape index (κ3) is 5.69. The molecule has 0 bridgehead atoms. The topological polar surface area (TPSA) is 72.7 Å². The van der Waals surface area contributed by atoms with Crippen LogP contribution in [-0.2, 0) is 17.5 Å². The third-order valence-electron chi connectivity index (χ3n) is 4.95. The van der Waals surface area contributed by atoms with Crippen molar-refractivity contribution in [3.05, 3.63) is 105 Å². The van der Waals surface area contributed by atoms with E-state index in [2.05, 4.69) is 0 Å². The number of nitro benzene ring substituents is 1. The fourth-order valence-electron chi connectivity index (χ4n) is 3.24. The smallest absolute Gasteiger partial charge is 0.416 e. The summed E-state index contributed by atoms with van der Waals surface area (Å²) in [6.45, 7) is 0.363. The van der Waals surface area contributed by atoms with E-state index in [-0.39, 0.29) is 17.4 Å². The van der Waals surface area contributed by atoms with Crippen LogP contribution in [-0.4, -0.2) is 20.1 Å². The number of ether oxygens (including phenoxy) is 1. The summed E-state index contributed by atoms with van der Waals surface area (Å²) in [5, 5.41) is 11.2. The maximum atomic E-state index is 12.9. The summed E-state index contributed by atoms with van der Waals surface area (Å²) >= 11 is 6.53. The van der Waals surface area contributed by atoms with Gasteiger partial charge in [-0.05, 0) is 41.5 Å². The fraction of sp³-hybridized carbons (Fsp3) is 0.0833. The Labute approximate surface area is 207 Å². The number of hydrogen-bond donors (Lipinski definition) is 0. The van der Waals surface area contributed by atoms with Crippen molar-refractivity contribution in [1.29, 1.82) is 0 Å². The minimum absolute atomic E-state index is 0.182. The lowest BCUT2D eigenvalue weighted by atomic mass is 10.1. The highest BCUT2D eigenvalue weighted by Crippen LogP contribution is 2.38. The molecule has 4 rings (SSSR count). The zero-order chi connectivity index (χ0) is 25.2. The summed E-state index contributed by atoms with van der Waals surface area (Å²) in [6, 6.07) is 17.8. The van der Waals surface area contributed by atoms with Crippen molar-refractivity contribution in [2.75, 3.05) is 0 Å². The maximum absolute atomic E-state index is 12.9. The molecule has 0 saturated carbocycles. The van der Waals surface area contributed by atoms with Gasteiger partial charge in [0.05, 0.1) is 21.9 Å². The summed E-state index contributed by atoms with van der Waals surface area (Å²) in [5.41, 5.74) is -0.342. The maximum Gasteiger partial charge on any atom is 0.416 e. The number of alkyl halides is 3. The minimum Gasteiger partial charge on any atom is -0.450 e.